The van der Waals surface area contributed by atoms with Crippen LogP contribution >= 0.6 is 11.8 Å². The molecule has 9 nitrogen and oxygen atoms in total. The second-order valence-corrected chi connectivity index (χ2v) is 8.64. The van der Waals surface area contributed by atoms with Gasteiger partial charge in [0.1, 0.15) is 6.61 Å². The first kappa shape index (κ1) is 24.7. The van der Waals surface area contributed by atoms with E-state index in [1.807, 2.05) is 30.3 Å². The third kappa shape index (κ3) is 5.44. The van der Waals surface area contributed by atoms with E-state index in [2.05, 4.69) is 0 Å². The van der Waals surface area contributed by atoms with Crippen LogP contribution in [-0.4, -0.2) is 40.4 Å². The number of amides is 2. The van der Waals surface area contributed by atoms with Crippen LogP contribution in [0.4, 0.5) is 10.5 Å². The highest BCUT2D eigenvalue weighted by Gasteiger charge is 2.37. The summed E-state index contributed by atoms with van der Waals surface area (Å²) in [7, 11) is 1.39. The predicted octanol–water partition coefficient (Wildman–Crippen LogP) is 5.10. The van der Waals surface area contributed by atoms with Crippen molar-refractivity contribution < 1.29 is 28.8 Å². The molecule has 1 heterocycles. The Labute approximate surface area is 210 Å². The van der Waals surface area contributed by atoms with Crippen LogP contribution in [0.5, 0.6) is 11.5 Å². The minimum atomic E-state index is -0.702. The van der Waals surface area contributed by atoms with Crippen molar-refractivity contribution in [2.75, 3.05) is 13.7 Å². The lowest BCUT2D eigenvalue weighted by Gasteiger charge is -2.12. The summed E-state index contributed by atoms with van der Waals surface area (Å²) in [5, 5.41) is 11.2. The fourth-order valence-electron chi connectivity index (χ4n) is 3.48. The third-order valence-electron chi connectivity index (χ3n) is 5.30. The quantitative estimate of drug-likeness (QED) is 0.171. The first-order valence-electron chi connectivity index (χ1n) is 10.7. The van der Waals surface area contributed by atoms with Crippen LogP contribution in [-0.2, 0) is 11.4 Å². The van der Waals surface area contributed by atoms with Crippen molar-refractivity contribution >= 4 is 40.5 Å². The summed E-state index contributed by atoms with van der Waals surface area (Å²) in [6.45, 7) is -0.258. The van der Waals surface area contributed by atoms with Gasteiger partial charge in [0.25, 0.3) is 16.8 Å². The van der Waals surface area contributed by atoms with E-state index < -0.39 is 28.4 Å². The molecule has 1 aliphatic rings. The Hall–Kier alpha value is -4.44. The van der Waals surface area contributed by atoms with Crippen LogP contribution in [0.3, 0.4) is 0 Å². The Morgan fingerprint density at radius 1 is 1.03 bits per heavy atom. The van der Waals surface area contributed by atoms with E-state index in [-0.39, 0.29) is 34.3 Å². The van der Waals surface area contributed by atoms with Crippen molar-refractivity contribution in [3.05, 3.63) is 105 Å². The number of nitro benzene ring substituents is 1. The molecule has 1 aliphatic heterocycles. The number of imide groups is 1. The van der Waals surface area contributed by atoms with Gasteiger partial charge in [-0.25, -0.2) is 0 Å². The molecule has 2 amide bonds. The summed E-state index contributed by atoms with van der Waals surface area (Å²) in [5.74, 6) is -0.716. The number of hydrogen-bond acceptors (Lipinski definition) is 8. The van der Waals surface area contributed by atoms with Crippen LogP contribution in [0.2, 0.25) is 0 Å². The zero-order valence-electron chi connectivity index (χ0n) is 19.1. The van der Waals surface area contributed by atoms with Crippen LogP contribution in [0.1, 0.15) is 21.5 Å². The molecule has 182 valence electrons. The smallest absolute Gasteiger partial charge is 0.293 e. The third-order valence-corrected chi connectivity index (χ3v) is 6.21. The minimum Gasteiger partial charge on any atom is -0.493 e. The molecule has 36 heavy (non-hydrogen) atoms. The maximum absolute atomic E-state index is 12.9. The molecule has 0 aromatic heterocycles. The second kappa shape index (κ2) is 10.9. The number of ether oxygens (including phenoxy) is 2. The van der Waals surface area contributed by atoms with Crippen molar-refractivity contribution in [1.82, 2.24) is 4.90 Å². The molecule has 0 aliphatic carbocycles. The van der Waals surface area contributed by atoms with Crippen LogP contribution in [0, 0.1) is 10.1 Å². The average Bonchev–Trinajstić information content (AvgIpc) is 3.15. The molecule has 1 fully saturated rings. The number of nitrogens with zero attached hydrogens (tertiary/aromatic N) is 2. The number of nitro groups is 1. The maximum Gasteiger partial charge on any atom is 0.293 e. The average molecular weight is 505 g/mol. The number of methoxy groups -OCH3 is 1. The largest absolute Gasteiger partial charge is 0.493 e. The second-order valence-electron chi connectivity index (χ2n) is 7.65. The fourth-order valence-corrected chi connectivity index (χ4v) is 4.31. The van der Waals surface area contributed by atoms with Crippen molar-refractivity contribution in [3.8, 4) is 11.5 Å². The molecule has 0 unspecified atom stereocenters. The van der Waals surface area contributed by atoms with Crippen molar-refractivity contribution in [3.63, 3.8) is 0 Å². The van der Waals surface area contributed by atoms with Gasteiger partial charge < -0.3 is 9.47 Å². The zero-order chi connectivity index (χ0) is 25.7. The minimum absolute atomic E-state index is 0.0380. The molecule has 0 N–H and O–H groups in total. The lowest BCUT2D eigenvalue weighted by molar-refractivity contribution is -0.385. The Morgan fingerprint density at radius 3 is 2.33 bits per heavy atom. The Morgan fingerprint density at radius 2 is 1.69 bits per heavy atom. The van der Waals surface area contributed by atoms with Crippen molar-refractivity contribution in [2.45, 2.75) is 6.61 Å². The van der Waals surface area contributed by atoms with E-state index in [0.29, 0.717) is 17.3 Å². The molecule has 3 aromatic rings. The van der Waals surface area contributed by atoms with Gasteiger partial charge in [-0.15, -0.1) is 0 Å². The SMILES string of the molecule is COc1cc(/C=C2/SC(=O)N(CC(=O)c3ccccc3)C2=O)c([N+](=O)[O-])cc1OCc1ccccc1. The number of Topliss-reactive ketones (excluding diaryl/α,β-unsaturated/α-hetero) is 1. The molecule has 1 saturated heterocycles. The highest BCUT2D eigenvalue weighted by Crippen LogP contribution is 2.39. The summed E-state index contributed by atoms with van der Waals surface area (Å²) in [5.41, 5.74) is 0.965. The molecule has 0 saturated carbocycles. The summed E-state index contributed by atoms with van der Waals surface area (Å²) < 4.78 is 11.1. The Kier molecular flexibility index (Phi) is 7.45. The lowest BCUT2D eigenvalue weighted by Crippen LogP contribution is -2.33. The van der Waals surface area contributed by atoms with Gasteiger partial charge in [0.05, 0.1) is 35.1 Å². The van der Waals surface area contributed by atoms with Crippen molar-refractivity contribution in [2.24, 2.45) is 0 Å². The number of benzene rings is 3. The molecule has 0 atom stereocenters. The molecule has 10 heteroatoms. The molecular weight excluding hydrogens is 484 g/mol. The van der Waals surface area contributed by atoms with E-state index in [1.54, 1.807) is 30.3 Å². The highest BCUT2D eigenvalue weighted by molar-refractivity contribution is 8.18. The summed E-state index contributed by atoms with van der Waals surface area (Å²) in [6.07, 6.45) is 1.25. The molecule has 4 rings (SSSR count). The molecular formula is C26H20N2O7S. The number of thioether (sulfide) groups is 1. The van der Waals surface area contributed by atoms with E-state index in [1.165, 1.54) is 25.3 Å². The van der Waals surface area contributed by atoms with Crippen molar-refractivity contribution in [1.29, 1.82) is 0 Å². The van der Waals surface area contributed by atoms with Gasteiger partial charge in [-0.1, -0.05) is 60.7 Å². The zero-order valence-corrected chi connectivity index (χ0v) is 19.9. The number of rotatable bonds is 9. The monoisotopic (exact) mass is 504 g/mol. The topological polar surface area (TPSA) is 116 Å². The van der Waals surface area contributed by atoms with E-state index in [0.717, 1.165) is 10.5 Å². The van der Waals surface area contributed by atoms with Gasteiger partial charge in [-0.05, 0) is 29.5 Å². The number of ketones is 1. The normalized spacial score (nSPS) is 14.2. The van der Waals surface area contributed by atoms with Crippen LogP contribution in [0.25, 0.3) is 6.08 Å². The molecule has 0 spiro atoms. The van der Waals surface area contributed by atoms with Crippen LogP contribution < -0.4 is 9.47 Å². The van der Waals surface area contributed by atoms with Gasteiger partial charge in [0.2, 0.25) is 0 Å². The van der Waals surface area contributed by atoms with Crippen LogP contribution in [0.15, 0.2) is 77.7 Å². The molecule has 0 bridgehead atoms. The highest BCUT2D eigenvalue weighted by atomic mass is 32.2. The number of carbonyl (C=O) groups excluding carboxylic acids is 3. The van der Waals surface area contributed by atoms with E-state index in [9.17, 15) is 24.5 Å². The Balaban J connectivity index is 1.59. The van der Waals surface area contributed by atoms with E-state index >= 15 is 0 Å². The number of hydrogen-bond donors (Lipinski definition) is 0. The fraction of sp³-hybridized carbons (Fsp3) is 0.115. The van der Waals surface area contributed by atoms with Gasteiger partial charge in [0, 0.05) is 5.56 Å². The molecule has 3 aromatic carbocycles. The first-order valence-corrected chi connectivity index (χ1v) is 11.6. The van der Waals surface area contributed by atoms with Gasteiger partial charge in [-0.3, -0.25) is 29.4 Å². The summed E-state index contributed by atoms with van der Waals surface area (Å²) >= 11 is 0.611. The predicted molar refractivity (Wildman–Crippen MR) is 134 cm³/mol. The molecule has 0 radical (unpaired) electrons. The standard InChI is InChI=1S/C26H20N2O7S/c1-34-22-12-19(20(28(32)33)14-23(22)35-16-17-8-4-2-5-9-17)13-24-25(30)27(26(31)36-24)15-21(29)18-10-6-3-7-11-18/h2-14H,15-16H2,1H3/b24-13+. The summed E-state index contributed by atoms with van der Waals surface area (Å²) in [4.78, 5) is 49.8. The number of carbonyl (C=O) groups is 3. The van der Waals surface area contributed by atoms with Gasteiger partial charge in [0.15, 0.2) is 17.3 Å². The Bertz CT molecular complexity index is 1360. The van der Waals surface area contributed by atoms with E-state index in [4.69, 9.17) is 9.47 Å². The summed E-state index contributed by atoms with van der Waals surface area (Å²) in [6, 6.07) is 20.2. The first-order chi connectivity index (χ1) is 17.4. The maximum atomic E-state index is 12.9. The van der Waals surface area contributed by atoms with Gasteiger partial charge in [-0.2, -0.15) is 0 Å². The lowest BCUT2D eigenvalue weighted by atomic mass is 10.1. The van der Waals surface area contributed by atoms with Gasteiger partial charge >= 0.3 is 0 Å².